The minimum absolute atomic E-state index is 0.168. The van der Waals surface area contributed by atoms with Crippen molar-refractivity contribution in [3.05, 3.63) is 83.6 Å². The van der Waals surface area contributed by atoms with Crippen LogP contribution in [0, 0.1) is 0 Å². The molecule has 0 aliphatic rings. The number of carbonyl (C=O) groups is 2. The zero-order chi connectivity index (χ0) is 19.1. The summed E-state index contributed by atoms with van der Waals surface area (Å²) in [6.45, 7) is 0.321. The number of rotatable bonds is 7. The zero-order valence-electron chi connectivity index (χ0n) is 14.6. The summed E-state index contributed by atoms with van der Waals surface area (Å²) in [7, 11) is 1.29. The molecule has 2 aromatic carbocycles. The van der Waals surface area contributed by atoms with Crippen molar-refractivity contribution in [3.8, 4) is 17.4 Å². The molecule has 0 amide bonds. The van der Waals surface area contributed by atoms with E-state index in [1.54, 1.807) is 18.2 Å². The quantitative estimate of drug-likeness (QED) is 0.466. The van der Waals surface area contributed by atoms with Crippen LogP contribution in [0.4, 0.5) is 0 Å². The van der Waals surface area contributed by atoms with Crippen LogP contribution in [-0.2, 0) is 11.3 Å². The van der Waals surface area contributed by atoms with Crippen molar-refractivity contribution in [2.75, 3.05) is 7.11 Å². The molecule has 0 saturated carbocycles. The number of methoxy groups -OCH3 is 1. The minimum Gasteiger partial charge on any atom is -0.488 e. The van der Waals surface area contributed by atoms with E-state index in [1.165, 1.54) is 25.4 Å². The highest BCUT2D eigenvalue weighted by Crippen LogP contribution is 2.30. The molecule has 0 unspecified atom stereocenters. The second-order valence-corrected chi connectivity index (χ2v) is 5.54. The van der Waals surface area contributed by atoms with Crippen molar-refractivity contribution in [1.29, 1.82) is 0 Å². The molecule has 0 aliphatic heterocycles. The van der Waals surface area contributed by atoms with Gasteiger partial charge >= 0.3 is 5.97 Å². The summed E-state index contributed by atoms with van der Waals surface area (Å²) in [6.07, 6.45) is 2.09. The van der Waals surface area contributed by atoms with Crippen LogP contribution in [0.1, 0.15) is 26.3 Å². The summed E-state index contributed by atoms with van der Waals surface area (Å²) in [5.41, 5.74) is 1.54. The highest BCUT2D eigenvalue weighted by atomic mass is 16.5. The van der Waals surface area contributed by atoms with E-state index in [0.29, 0.717) is 24.2 Å². The lowest BCUT2D eigenvalue weighted by atomic mass is 10.2. The van der Waals surface area contributed by atoms with Gasteiger partial charge in [-0.05, 0) is 23.8 Å². The summed E-state index contributed by atoms with van der Waals surface area (Å²) in [5.74, 6) is 0.347. The third-order valence-electron chi connectivity index (χ3n) is 3.75. The number of aldehydes is 1. The number of nitrogens with zero attached hydrogens (tertiary/aromatic N) is 1. The Labute approximate surface area is 156 Å². The van der Waals surface area contributed by atoms with Crippen molar-refractivity contribution in [2.24, 2.45) is 0 Å². The molecule has 3 aromatic rings. The van der Waals surface area contributed by atoms with Gasteiger partial charge in [0.15, 0.2) is 6.29 Å². The fourth-order valence-corrected chi connectivity index (χ4v) is 2.41. The number of aromatic nitrogens is 1. The Morgan fingerprint density at radius 3 is 2.56 bits per heavy atom. The molecule has 1 heterocycles. The van der Waals surface area contributed by atoms with Crippen molar-refractivity contribution in [2.45, 2.75) is 6.61 Å². The lowest BCUT2D eigenvalue weighted by Crippen LogP contribution is -2.03. The molecule has 0 fully saturated rings. The van der Waals surface area contributed by atoms with E-state index in [4.69, 9.17) is 9.47 Å². The van der Waals surface area contributed by atoms with E-state index >= 15 is 0 Å². The number of ether oxygens (including phenoxy) is 3. The zero-order valence-corrected chi connectivity index (χ0v) is 14.6. The minimum atomic E-state index is -0.502. The smallest absolute Gasteiger partial charge is 0.338 e. The molecule has 0 saturated heterocycles. The summed E-state index contributed by atoms with van der Waals surface area (Å²) in [6, 6.07) is 17.6. The molecule has 0 bridgehead atoms. The van der Waals surface area contributed by atoms with Gasteiger partial charge in [-0.1, -0.05) is 36.4 Å². The molecule has 0 N–H and O–H groups in total. The van der Waals surface area contributed by atoms with Crippen LogP contribution in [0.2, 0.25) is 0 Å². The maximum Gasteiger partial charge on any atom is 0.338 e. The number of pyridine rings is 1. The highest BCUT2D eigenvalue weighted by Gasteiger charge is 2.13. The average molecular weight is 363 g/mol. The topological polar surface area (TPSA) is 74.7 Å². The maximum atomic E-state index is 11.6. The van der Waals surface area contributed by atoms with Crippen LogP contribution >= 0.6 is 0 Å². The number of carbonyl (C=O) groups excluding carboxylic acids is 2. The molecule has 136 valence electrons. The Morgan fingerprint density at radius 2 is 1.81 bits per heavy atom. The van der Waals surface area contributed by atoms with Crippen LogP contribution in [0.15, 0.2) is 66.9 Å². The third kappa shape index (κ3) is 4.49. The monoisotopic (exact) mass is 363 g/mol. The van der Waals surface area contributed by atoms with E-state index in [-0.39, 0.29) is 17.2 Å². The first-order valence-electron chi connectivity index (χ1n) is 8.18. The Balaban J connectivity index is 1.82. The summed E-state index contributed by atoms with van der Waals surface area (Å²) >= 11 is 0. The molecular weight excluding hydrogens is 346 g/mol. The summed E-state index contributed by atoms with van der Waals surface area (Å²) in [5, 5.41) is 0. The fraction of sp³-hybridized carbons (Fsp3) is 0.0952. The van der Waals surface area contributed by atoms with Crippen LogP contribution in [0.25, 0.3) is 0 Å². The lowest BCUT2D eigenvalue weighted by Gasteiger charge is -2.12. The number of esters is 1. The molecule has 0 radical (unpaired) electrons. The molecular formula is C21H17NO5. The van der Waals surface area contributed by atoms with E-state index in [1.807, 2.05) is 30.3 Å². The van der Waals surface area contributed by atoms with Gasteiger partial charge < -0.3 is 14.2 Å². The molecule has 0 aliphatic carbocycles. The van der Waals surface area contributed by atoms with Crippen LogP contribution in [-0.4, -0.2) is 24.3 Å². The Morgan fingerprint density at radius 1 is 1.04 bits per heavy atom. The first-order chi connectivity index (χ1) is 13.2. The first-order valence-corrected chi connectivity index (χ1v) is 8.18. The predicted octanol–water partition coefficient (Wildman–Crippen LogP) is 4.05. The van der Waals surface area contributed by atoms with Crippen LogP contribution < -0.4 is 9.47 Å². The van der Waals surface area contributed by atoms with Gasteiger partial charge in [0.05, 0.1) is 18.2 Å². The third-order valence-corrected chi connectivity index (χ3v) is 3.75. The van der Waals surface area contributed by atoms with Crippen LogP contribution in [0.3, 0.4) is 0 Å². The fourth-order valence-electron chi connectivity index (χ4n) is 2.41. The standard InChI is InChI=1S/C21H17NO5/c1-25-21(24)16-10-11-22-20(12-16)27-19-9-5-8-18(17(19)13-23)26-14-15-6-3-2-4-7-15/h2-13H,14H2,1H3. The van der Waals surface area contributed by atoms with Crippen molar-refractivity contribution in [1.82, 2.24) is 4.98 Å². The molecule has 0 spiro atoms. The molecule has 3 rings (SSSR count). The lowest BCUT2D eigenvalue weighted by molar-refractivity contribution is 0.0600. The molecule has 6 nitrogen and oxygen atoms in total. The van der Waals surface area contributed by atoms with Gasteiger partial charge in [-0.2, -0.15) is 0 Å². The number of hydrogen-bond donors (Lipinski definition) is 0. The summed E-state index contributed by atoms with van der Waals surface area (Å²) in [4.78, 5) is 27.3. The van der Waals surface area contributed by atoms with Gasteiger partial charge in [-0.15, -0.1) is 0 Å². The average Bonchev–Trinajstić information content (AvgIpc) is 2.72. The van der Waals surface area contributed by atoms with Crippen molar-refractivity contribution < 1.29 is 23.8 Å². The molecule has 0 atom stereocenters. The SMILES string of the molecule is COC(=O)c1ccnc(Oc2cccc(OCc3ccccc3)c2C=O)c1. The van der Waals surface area contributed by atoms with Gasteiger partial charge in [-0.25, -0.2) is 9.78 Å². The Hall–Kier alpha value is -3.67. The second-order valence-electron chi connectivity index (χ2n) is 5.54. The van der Waals surface area contributed by atoms with E-state index in [2.05, 4.69) is 9.72 Å². The van der Waals surface area contributed by atoms with Crippen molar-refractivity contribution in [3.63, 3.8) is 0 Å². The molecule has 6 heteroatoms. The van der Waals surface area contributed by atoms with E-state index < -0.39 is 5.97 Å². The van der Waals surface area contributed by atoms with Crippen molar-refractivity contribution >= 4 is 12.3 Å². The maximum absolute atomic E-state index is 11.6. The normalized spacial score (nSPS) is 10.1. The highest BCUT2D eigenvalue weighted by molar-refractivity contribution is 5.89. The van der Waals surface area contributed by atoms with Gasteiger partial charge in [0.25, 0.3) is 0 Å². The Bertz CT molecular complexity index is 940. The van der Waals surface area contributed by atoms with Gasteiger partial charge in [0.1, 0.15) is 18.1 Å². The van der Waals surface area contributed by atoms with Gasteiger partial charge in [0, 0.05) is 12.3 Å². The van der Waals surface area contributed by atoms with E-state index in [9.17, 15) is 9.59 Å². The van der Waals surface area contributed by atoms with Crippen LogP contribution in [0.5, 0.6) is 17.4 Å². The first kappa shape index (κ1) is 18.1. The predicted molar refractivity (Wildman–Crippen MR) is 98.3 cm³/mol. The number of hydrogen-bond acceptors (Lipinski definition) is 6. The van der Waals surface area contributed by atoms with Gasteiger partial charge in [0.2, 0.25) is 5.88 Å². The number of benzene rings is 2. The molecule has 27 heavy (non-hydrogen) atoms. The summed E-state index contributed by atoms with van der Waals surface area (Å²) < 4.78 is 16.1. The van der Waals surface area contributed by atoms with E-state index in [0.717, 1.165) is 5.56 Å². The molecule has 1 aromatic heterocycles. The van der Waals surface area contributed by atoms with Gasteiger partial charge in [-0.3, -0.25) is 4.79 Å². The Kier molecular flexibility index (Phi) is 5.79. The largest absolute Gasteiger partial charge is 0.488 e. The second kappa shape index (κ2) is 8.62.